The highest BCUT2D eigenvalue weighted by atomic mass is 16.6. The van der Waals surface area contributed by atoms with E-state index >= 15 is 0 Å². The molecule has 4 rings (SSSR count). The number of para-hydroxylation sites is 1. The number of rotatable bonds is 3. The number of nitrogens with zero attached hydrogens (tertiary/aromatic N) is 2. The molecule has 1 fully saturated rings. The van der Waals surface area contributed by atoms with Gasteiger partial charge in [-0.25, -0.2) is 4.79 Å². The van der Waals surface area contributed by atoms with Crippen LogP contribution >= 0.6 is 0 Å². The number of aromatic nitrogens is 2. The molecule has 2 aromatic carbocycles. The normalized spacial score (nSPS) is 14.0. The molecule has 1 aromatic heterocycles. The van der Waals surface area contributed by atoms with Gasteiger partial charge in [0, 0.05) is 16.8 Å². The van der Waals surface area contributed by atoms with Crippen LogP contribution in [0.1, 0.15) is 10.5 Å². The van der Waals surface area contributed by atoms with Crippen molar-refractivity contribution in [1.29, 1.82) is 0 Å². The van der Waals surface area contributed by atoms with E-state index in [9.17, 15) is 9.59 Å². The average molecular weight is 322 g/mol. The Morgan fingerprint density at radius 3 is 2.92 bits per heavy atom. The SMILES string of the molecule is O=C(Nc1cccc(N2CCOC2=O)c1)c1n[nH]c2ccccc12. The summed E-state index contributed by atoms with van der Waals surface area (Å²) in [6, 6.07) is 14.5. The van der Waals surface area contributed by atoms with E-state index in [0.717, 1.165) is 10.9 Å². The first-order chi connectivity index (χ1) is 11.7. The van der Waals surface area contributed by atoms with Gasteiger partial charge < -0.3 is 10.1 Å². The van der Waals surface area contributed by atoms with Gasteiger partial charge in [0.05, 0.1) is 12.1 Å². The Morgan fingerprint density at radius 2 is 2.08 bits per heavy atom. The molecule has 1 aliphatic rings. The summed E-state index contributed by atoms with van der Waals surface area (Å²) in [6.45, 7) is 0.870. The number of anilines is 2. The van der Waals surface area contributed by atoms with Crippen molar-refractivity contribution in [2.75, 3.05) is 23.4 Å². The molecule has 3 aromatic rings. The van der Waals surface area contributed by atoms with Gasteiger partial charge in [0.15, 0.2) is 5.69 Å². The Bertz CT molecular complexity index is 934. The van der Waals surface area contributed by atoms with Crippen LogP contribution in [0.4, 0.5) is 16.2 Å². The second kappa shape index (κ2) is 5.69. The maximum Gasteiger partial charge on any atom is 0.414 e. The van der Waals surface area contributed by atoms with Crippen molar-refractivity contribution in [3.05, 3.63) is 54.2 Å². The summed E-state index contributed by atoms with van der Waals surface area (Å²) in [7, 11) is 0. The first kappa shape index (κ1) is 14.3. The van der Waals surface area contributed by atoms with Gasteiger partial charge in [0.2, 0.25) is 0 Å². The van der Waals surface area contributed by atoms with Crippen molar-refractivity contribution in [2.24, 2.45) is 0 Å². The van der Waals surface area contributed by atoms with Crippen molar-refractivity contribution in [2.45, 2.75) is 0 Å². The second-order valence-corrected chi connectivity index (χ2v) is 5.39. The molecule has 7 heteroatoms. The van der Waals surface area contributed by atoms with Crippen LogP contribution in [0.15, 0.2) is 48.5 Å². The summed E-state index contributed by atoms with van der Waals surface area (Å²) < 4.78 is 4.93. The summed E-state index contributed by atoms with van der Waals surface area (Å²) in [6.07, 6.45) is -0.378. The maximum absolute atomic E-state index is 12.5. The number of benzene rings is 2. The predicted octanol–water partition coefficient (Wildman–Crippen LogP) is 2.77. The van der Waals surface area contributed by atoms with Gasteiger partial charge in [-0.1, -0.05) is 24.3 Å². The first-order valence-corrected chi connectivity index (χ1v) is 7.51. The van der Waals surface area contributed by atoms with Crippen molar-refractivity contribution < 1.29 is 14.3 Å². The molecular formula is C17H14N4O3. The lowest BCUT2D eigenvalue weighted by molar-refractivity contribution is 0.102. The second-order valence-electron chi connectivity index (χ2n) is 5.39. The Labute approximate surface area is 137 Å². The zero-order valence-electron chi connectivity index (χ0n) is 12.7. The summed E-state index contributed by atoms with van der Waals surface area (Å²) in [5.41, 5.74) is 2.40. The Balaban J connectivity index is 1.59. The highest BCUT2D eigenvalue weighted by Gasteiger charge is 2.23. The van der Waals surface area contributed by atoms with Crippen LogP contribution in [0, 0.1) is 0 Å². The fraction of sp³-hybridized carbons (Fsp3) is 0.118. The minimum absolute atomic E-state index is 0.311. The fourth-order valence-electron chi connectivity index (χ4n) is 2.71. The smallest absolute Gasteiger partial charge is 0.414 e. The maximum atomic E-state index is 12.5. The van der Waals surface area contributed by atoms with Gasteiger partial charge in [0.25, 0.3) is 5.91 Å². The average Bonchev–Trinajstić information content (AvgIpc) is 3.21. The number of cyclic esters (lactones) is 1. The monoisotopic (exact) mass is 322 g/mol. The number of ether oxygens (including phenoxy) is 1. The molecule has 2 N–H and O–H groups in total. The lowest BCUT2D eigenvalue weighted by atomic mass is 10.2. The molecule has 1 aliphatic heterocycles. The van der Waals surface area contributed by atoms with E-state index < -0.39 is 0 Å². The molecule has 120 valence electrons. The van der Waals surface area contributed by atoms with Gasteiger partial charge in [0.1, 0.15) is 6.61 Å². The molecule has 0 unspecified atom stereocenters. The van der Waals surface area contributed by atoms with Crippen molar-refractivity contribution >= 4 is 34.3 Å². The standard InChI is InChI=1S/C17H14N4O3/c22-16(15-13-6-1-2-7-14(13)19-20-15)18-11-4-3-5-12(10-11)21-8-9-24-17(21)23/h1-7,10H,8-9H2,(H,18,22)(H,19,20). The minimum atomic E-state index is -0.378. The van der Waals surface area contributed by atoms with Crippen molar-refractivity contribution in [1.82, 2.24) is 10.2 Å². The molecule has 0 atom stereocenters. The number of H-pyrrole nitrogens is 1. The Kier molecular flexibility index (Phi) is 3.38. The highest BCUT2D eigenvalue weighted by molar-refractivity contribution is 6.11. The molecule has 0 radical (unpaired) electrons. The number of carbonyl (C=O) groups is 2. The molecule has 1 saturated heterocycles. The van der Waals surface area contributed by atoms with E-state index in [4.69, 9.17) is 4.74 Å². The number of aromatic amines is 1. The van der Waals surface area contributed by atoms with Gasteiger partial charge in [-0.15, -0.1) is 0 Å². The number of carbonyl (C=O) groups excluding carboxylic acids is 2. The zero-order valence-corrected chi connectivity index (χ0v) is 12.7. The van der Waals surface area contributed by atoms with Crippen LogP contribution in [-0.4, -0.2) is 35.3 Å². The molecule has 0 bridgehead atoms. The van der Waals surface area contributed by atoms with Gasteiger partial charge in [-0.2, -0.15) is 5.10 Å². The molecule has 7 nitrogen and oxygen atoms in total. The van der Waals surface area contributed by atoms with Crippen molar-refractivity contribution in [3.63, 3.8) is 0 Å². The quantitative estimate of drug-likeness (QED) is 0.776. The summed E-state index contributed by atoms with van der Waals surface area (Å²) in [5, 5.41) is 10.5. The third-order valence-corrected chi connectivity index (χ3v) is 3.86. The lowest BCUT2D eigenvalue weighted by Crippen LogP contribution is -2.23. The topological polar surface area (TPSA) is 87.3 Å². The number of hydrogen-bond acceptors (Lipinski definition) is 4. The molecule has 0 aliphatic carbocycles. The molecule has 2 heterocycles. The molecule has 0 spiro atoms. The summed E-state index contributed by atoms with van der Waals surface area (Å²) >= 11 is 0. The molecule has 24 heavy (non-hydrogen) atoms. The van der Waals surface area contributed by atoms with Crippen LogP contribution in [0.5, 0.6) is 0 Å². The van der Waals surface area contributed by atoms with E-state index in [0.29, 0.717) is 30.2 Å². The Hall–Kier alpha value is -3.35. The van der Waals surface area contributed by atoms with Crippen LogP contribution < -0.4 is 10.2 Å². The summed E-state index contributed by atoms with van der Waals surface area (Å²) in [4.78, 5) is 25.7. The van der Waals surface area contributed by atoms with Crippen LogP contribution in [0.25, 0.3) is 10.9 Å². The van der Waals surface area contributed by atoms with E-state index in [2.05, 4.69) is 15.5 Å². The molecule has 2 amide bonds. The van der Waals surface area contributed by atoms with Crippen molar-refractivity contribution in [3.8, 4) is 0 Å². The largest absolute Gasteiger partial charge is 0.447 e. The number of amides is 2. The molecular weight excluding hydrogens is 308 g/mol. The third-order valence-electron chi connectivity index (χ3n) is 3.86. The van der Waals surface area contributed by atoms with E-state index in [1.165, 1.54) is 4.90 Å². The Morgan fingerprint density at radius 1 is 1.21 bits per heavy atom. The van der Waals surface area contributed by atoms with Crippen LogP contribution in [0.3, 0.4) is 0 Å². The third kappa shape index (κ3) is 2.45. The van der Waals surface area contributed by atoms with Gasteiger partial charge in [-0.05, 0) is 24.3 Å². The fourth-order valence-corrected chi connectivity index (χ4v) is 2.71. The number of nitrogens with one attached hydrogen (secondary N) is 2. The van der Waals surface area contributed by atoms with Gasteiger partial charge in [-0.3, -0.25) is 14.8 Å². The zero-order chi connectivity index (χ0) is 16.5. The van der Waals surface area contributed by atoms with E-state index in [1.54, 1.807) is 24.3 Å². The van der Waals surface area contributed by atoms with Gasteiger partial charge >= 0.3 is 6.09 Å². The minimum Gasteiger partial charge on any atom is -0.447 e. The highest BCUT2D eigenvalue weighted by Crippen LogP contribution is 2.23. The number of hydrogen-bond donors (Lipinski definition) is 2. The first-order valence-electron chi connectivity index (χ1n) is 7.51. The number of fused-ring (bicyclic) bond motifs is 1. The lowest BCUT2D eigenvalue weighted by Gasteiger charge is -2.14. The van der Waals surface area contributed by atoms with E-state index in [1.807, 2.05) is 24.3 Å². The van der Waals surface area contributed by atoms with E-state index in [-0.39, 0.29) is 12.0 Å². The summed E-state index contributed by atoms with van der Waals surface area (Å²) in [5.74, 6) is -0.311. The molecule has 0 saturated carbocycles. The van der Waals surface area contributed by atoms with Crippen LogP contribution in [0.2, 0.25) is 0 Å². The van der Waals surface area contributed by atoms with Crippen LogP contribution in [-0.2, 0) is 4.74 Å². The predicted molar refractivity (Wildman–Crippen MR) is 89.2 cm³/mol.